The Balaban J connectivity index is 2.47. The molecule has 1 aromatic carbocycles. The Kier molecular flexibility index (Phi) is 6.13. The summed E-state index contributed by atoms with van der Waals surface area (Å²) in [6.07, 6.45) is 2.22. The van der Waals surface area contributed by atoms with Gasteiger partial charge in [0.1, 0.15) is 5.82 Å². The minimum atomic E-state index is -0.183. The van der Waals surface area contributed by atoms with E-state index >= 15 is 0 Å². The maximum atomic E-state index is 13.1. The lowest BCUT2D eigenvalue weighted by Gasteiger charge is -2.23. The van der Waals surface area contributed by atoms with E-state index in [0.29, 0.717) is 11.8 Å². The van der Waals surface area contributed by atoms with Crippen LogP contribution in [0.5, 0.6) is 0 Å². The smallest absolute Gasteiger partial charge is 0.125 e. The van der Waals surface area contributed by atoms with Crippen LogP contribution < -0.4 is 10.6 Å². The van der Waals surface area contributed by atoms with E-state index in [9.17, 15) is 4.39 Å². The number of benzene rings is 1. The largest absolute Gasteiger partial charge is 0.375 e. The van der Waals surface area contributed by atoms with Crippen LogP contribution in [0.15, 0.2) is 24.3 Å². The molecule has 0 heterocycles. The molecule has 0 aliphatic heterocycles. The van der Waals surface area contributed by atoms with Crippen molar-refractivity contribution in [2.45, 2.75) is 26.7 Å². The molecule has 1 unspecified atom stereocenters. The van der Waals surface area contributed by atoms with Gasteiger partial charge < -0.3 is 10.6 Å². The van der Waals surface area contributed by atoms with Gasteiger partial charge in [0.2, 0.25) is 0 Å². The zero-order chi connectivity index (χ0) is 13.5. The van der Waals surface area contributed by atoms with Gasteiger partial charge in [-0.15, -0.1) is 0 Å². The molecule has 0 spiro atoms. The molecule has 0 saturated heterocycles. The van der Waals surface area contributed by atoms with E-state index in [2.05, 4.69) is 18.7 Å². The van der Waals surface area contributed by atoms with Crippen molar-refractivity contribution >= 4 is 5.69 Å². The fourth-order valence-electron chi connectivity index (χ4n) is 2.22. The second-order valence-corrected chi connectivity index (χ2v) is 5.42. The maximum Gasteiger partial charge on any atom is 0.125 e. The summed E-state index contributed by atoms with van der Waals surface area (Å²) in [5.41, 5.74) is 6.72. The number of hydrogen-bond acceptors (Lipinski definition) is 2. The third kappa shape index (κ3) is 5.05. The molecule has 0 fully saturated rings. The summed E-state index contributed by atoms with van der Waals surface area (Å²) in [4.78, 5) is 2.09. The minimum absolute atomic E-state index is 0.183. The molecule has 18 heavy (non-hydrogen) atoms. The molecule has 0 amide bonds. The summed E-state index contributed by atoms with van der Waals surface area (Å²) < 4.78 is 13.1. The van der Waals surface area contributed by atoms with Crippen molar-refractivity contribution in [2.75, 3.05) is 25.0 Å². The fourth-order valence-corrected chi connectivity index (χ4v) is 2.22. The number of nitrogens with zero attached hydrogens (tertiary/aromatic N) is 1. The fraction of sp³-hybridized carbons (Fsp3) is 0.600. The highest BCUT2D eigenvalue weighted by Gasteiger charge is 2.11. The van der Waals surface area contributed by atoms with Crippen molar-refractivity contribution in [1.82, 2.24) is 0 Å². The summed E-state index contributed by atoms with van der Waals surface area (Å²) >= 11 is 0. The van der Waals surface area contributed by atoms with Gasteiger partial charge in [0.15, 0.2) is 0 Å². The first-order chi connectivity index (χ1) is 8.52. The van der Waals surface area contributed by atoms with Gasteiger partial charge in [-0.1, -0.05) is 19.9 Å². The molecule has 2 nitrogen and oxygen atoms in total. The molecular formula is C15H25FN2. The Morgan fingerprint density at radius 3 is 2.61 bits per heavy atom. The van der Waals surface area contributed by atoms with Gasteiger partial charge in [-0.2, -0.15) is 0 Å². The zero-order valence-electron chi connectivity index (χ0n) is 11.7. The van der Waals surface area contributed by atoms with Gasteiger partial charge in [-0.3, -0.25) is 0 Å². The van der Waals surface area contributed by atoms with Crippen molar-refractivity contribution in [3.63, 3.8) is 0 Å². The molecule has 2 N–H and O–H groups in total. The summed E-state index contributed by atoms with van der Waals surface area (Å²) in [7, 11) is 2.00. The predicted molar refractivity (Wildman–Crippen MR) is 76.3 cm³/mol. The molecule has 0 radical (unpaired) electrons. The Morgan fingerprint density at radius 1 is 1.33 bits per heavy atom. The number of halogens is 1. The van der Waals surface area contributed by atoms with Crippen LogP contribution in [-0.4, -0.2) is 20.1 Å². The van der Waals surface area contributed by atoms with Gasteiger partial charge in [0.25, 0.3) is 0 Å². The molecule has 0 bridgehead atoms. The lowest BCUT2D eigenvalue weighted by atomic mass is 9.94. The second kappa shape index (κ2) is 7.37. The molecule has 0 aliphatic rings. The SMILES string of the molecule is CC(C)CC(CN)CCN(C)c1cccc(F)c1. The first-order valence-corrected chi connectivity index (χ1v) is 6.69. The van der Waals surface area contributed by atoms with Crippen molar-refractivity contribution in [3.8, 4) is 0 Å². The Hall–Kier alpha value is -1.09. The Morgan fingerprint density at radius 2 is 2.06 bits per heavy atom. The van der Waals surface area contributed by atoms with Crippen LogP contribution in [0, 0.1) is 17.7 Å². The summed E-state index contributed by atoms with van der Waals surface area (Å²) in [5.74, 6) is 1.05. The van der Waals surface area contributed by atoms with Crippen LogP contribution in [0.25, 0.3) is 0 Å². The predicted octanol–water partition coefficient (Wildman–Crippen LogP) is 3.27. The van der Waals surface area contributed by atoms with Gasteiger partial charge in [0, 0.05) is 19.3 Å². The van der Waals surface area contributed by atoms with Gasteiger partial charge in [0.05, 0.1) is 0 Å². The van der Waals surface area contributed by atoms with Crippen LogP contribution in [0.3, 0.4) is 0 Å². The van der Waals surface area contributed by atoms with E-state index in [1.54, 1.807) is 12.1 Å². The molecule has 0 saturated carbocycles. The van der Waals surface area contributed by atoms with E-state index in [4.69, 9.17) is 5.73 Å². The second-order valence-electron chi connectivity index (χ2n) is 5.42. The Bertz CT molecular complexity index is 352. The first kappa shape index (κ1) is 15.0. The standard InChI is InChI=1S/C15H25FN2/c1-12(2)9-13(11-17)7-8-18(3)15-6-4-5-14(16)10-15/h4-6,10,12-13H,7-9,11,17H2,1-3H3. The summed E-state index contributed by atoms with van der Waals surface area (Å²) in [5, 5.41) is 0. The number of nitrogens with two attached hydrogens (primary N) is 1. The maximum absolute atomic E-state index is 13.1. The lowest BCUT2D eigenvalue weighted by molar-refractivity contribution is 0.396. The average Bonchev–Trinajstić information content (AvgIpc) is 2.33. The highest BCUT2D eigenvalue weighted by molar-refractivity contribution is 5.45. The van der Waals surface area contributed by atoms with E-state index in [1.807, 2.05) is 13.1 Å². The van der Waals surface area contributed by atoms with Gasteiger partial charge in [-0.25, -0.2) is 4.39 Å². The minimum Gasteiger partial charge on any atom is -0.375 e. The van der Waals surface area contributed by atoms with Crippen LogP contribution in [0.4, 0.5) is 10.1 Å². The van der Waals surface area contributed by atoms with E-state index < -0.39 is 0 Å². The molecule has 1 rings (SSSR count). The lowest BCUT2D eigenvalue weighted by Crippen LogP contribution is -2.25. The Labute approximate surface area is 110 Å². The van der Waals surface area contributed by atoms with Crippen molar-refractivity contribution in [1.29, 1.82) is 0 Å². The molecule has 3 heteroatoms. The van der Waals surface area contributed by atoms with E-state index in [1.165, 1.54) is 6.07 Å². The van der Waals surface area contributed by atoms with Crippen molar-refractivity contribution in [2.24, 2.45) is 17.6 Å². The highest BCUT2D eigenvalue weighted by atomic mass is 19.1. The van der Waals surface area contributed by atoms with Crippen molar-refractivity contribution in [3.05, 3.63) is 30.1 Å². The van der Waals surface area contributed by atoms with E-state index in [0.717, 1.165) is 31.6 Å². The molecular weight excluding hydrogens is 227 g/mol. The van der Waals surface area contributed by atoms with Crippen LogP contribution in [0.2, 0.25) is 0 Å². The quantitative estimate of drug-likeness (QED) is 0.807. The average molecular weight is 252 g/mol. The summed E-state index contributed by atoms with van der Waals surface area (Å²) in [6, 6.07) is 6.72. The highest BCUT2D eigenvalue weighted by Crippen LogP contribution is 2.18. The number of hydrogen-bond donors (Lipinski definition) is 1. The van der Waals surface area contributed by atoms with Gasteiger partial charge in [-0.05, 0) is 49.4 Å². The van der Waals surface area contributed by atoms with Crippen molar-refractivity contribution < 1.29 is 4.39 Å². The molecule has 0 aromatic heterocycles. The molecule has 0 aliphatic carbocycles. The third-order valence-electron chi connectivity index (χ3n) is 3.26. The van der Waals surface area contributed by atoms with E-state index in [-0.39, 0.29) is 5.82 Å². The van der Waals surface area contributed by atoms with Crippen LogP contribution >= 0.6 is 0 Å². The normalized spacial score (nSPS) is 12.8. The van der Waals surface area contributed by atoms with Crippen LogP contribution in [0.1, 0.15) is 26.7 Å². The molecule has 102 valence electrons. The monoisotopic (exact) mass is 252 g/mol. The van der Waals surface area contributed by atoms with Crippen LogP contribution in [-0.2, 0) is 0 Å². The number of anilines is 1. The topological polar surface area (TPSA) is 29.3 Å². The van der Waals surface area contributed by atoms with Gasteiger partial charge >= 0.3 is 0 Å². The molecule has 1 aromatic rings. The first-order valence-electron chi connectivity index (χ1n) is 6.69. The third-order valence-corrected chi connectivity index (χ3v) is 3.26. The molecule has 1 atom stereocenters. The summed E-state index contributed by atoms with van der Waals surface area (Å²) in [6.45, 7) is 6.09. The zero-order valence-corrected chi connectivity index (χ0v) is 11.7. The number of rotatable bonds is 7.